The van der Waals surface area contributed by atoms with E-state index in [0.717, 1.165) is 41.6 Å². The molecule has 0 saturated heterocycles. The van der Waals surface area contributed by atoms with Crippen LogP contribution in [-0.2, 0) is 9.59 Å². The molecule has 0 spiro atoms. The van der Waals surface area contributed by atoms with Crippen LogP contribution in [0.2, 0.25) is 0 Å². The first-order valence-electron chi connectivity index (χ1n) is 10.9. The maximum atomic E-state index is 8.35. The number of ether oxygens (including phenoxy) is 2. The average molecular weight is 467 g/mol. The maximum absolute atomic E-state index is 8.35. The molecule has 176 valence electrons. The van der Waals surface area contributed by atoms with E-state index in [1.165, 1.54) is 11.1 Å². The molecule has 4 rings (SSSR count). The number of isocyanates is 2. The Morgan fingerprint density at radius 3 is 1.14 bits per heavy atom. The number of nitrogens with one attached hydrogen (secondary N) is 2. The van der Waals surface area contributed by atoms with Crippen molar-refractivity contribution in [3.63, 3.8) is 0 Å². The Balaban J connectivity index is 0.000000655. The summed E-state index contributed by atoms with van der Waals surface area (Å²) in [5.74, 6) is 3.73. The first-order valence-corrected chi connectivity index (χ1v) is 10.9. The second-order valence-electron chi connectivity index (χ2n) is 7.13. The van der Waals surface area contributed by atoms with Crippen LogP contribution in [0, 0.1) is 10.8 Å². The summed E-state index contributed by atoms with van der Waals surface area (Å²) in [6.07, 6.45) is 2.53. The normalized spacial score (nSPS) is 9.31. The van der Waals surface area contributed by atoms with Crippen molar-refractivity contribution in [1.29, 1.82) is 10.8 Å². The van der Waals surface area contributed by atoms with Gasteiger partial charge in [0, 0.05) is 5.92 Å². The van der Waals surface area contributed by atoms with Crippen molar-refractivity contribution in [3.05, 3.63) is 120 Å². The molecular weight excluding hydrogens is 440 g/mol. The number of hydrogen-bond donors (Lipinski definition) is 2. The molecule has 0 aliphatic carbocycles. The molecule has 0 aliphatic heterocycles. The minimum Gasteiger partial charge on any atom is -0.457 e. The van der Waals surface area contributed by atoms with E-state index in [0.29, 0.717) is 5.92 Å². The summed E-state index contributed by atoms with van der Waals surface area (Å²) in [5.41, 5.74) is 2.56. The van der Waals surface area contributed by atoms with Gasteiger partial charge in [-0.05, 0) is 66.1 Å². The fraction of sp³-hybridized carbons (Fsp3) is 0.103. The van der Waals surface area contributed by atoms with Gasteiger partial charge in [-0.2, -0.15) is 0 Å². The number of benzene rings is 4. The molecule has 0 saturated carbocycles. The van der Waals surface area contributed by atoms with E-state index in [2.05, 4.69) is 31.2 Å². The molecular formula is C29H26N2O4. The predicted molar refractivity (Wildman–Crippen MR) is 135 cm³/mol. The maximum Gasteiger partial charge on any atom is 0.231 e. The summed E-state index contributed by atoms with van der Waals surface area (Å²) in [5, 5.41) is 10.8. The molecule has 0 fully saturated rings. The van der Waals surface area contributed by atoms with Crippen LogP contribution < -0.4 is 9.47 Å². The zero-order chi connectivity index (χ0) is 25.3. The summed E-state index contributed by atoms with van der Waals surface area (Å²) in [6, 6.07) is 36.5. The van der Waals surface area contributed by atoms with Gasteiger partial charge in [-0.1, -0.05) is 67.6 Å². The third kappa shape index (κ3) is 8.95. The Bertz CT molecular complexity index is 1100. The summed E-state index contributed by atoms with van der Waals surface area (Å²) >= 11 is 0. The van der Waals surface area contributed by atoms with Crippen molar-refractivity contribution in [2.75, 3.05) is 0 Å². The van der Waals surface area contributed by atoms with Crippen molar-refractivity contribution >= 4 is 12.2 Å². The molecule has 0 bridgehead atoms. The first kappa shape index (κ1) is 26.5. The highest BCUT2D eigenvalue weighted by Crippen LogP contribution is 2.32. The minimum atomic E-state index is 0.339. The van der Waals surface area contributed by atoms with Gasteiger partial charge in [-0.15, -0.1) is 0 Å². The van der Waals surface area contributed by atoms with E-state index < -0.39 is 0 Å². The molecule has 4 aromatic carbocycles. The van der Waals surface area contributed by atoms with Gasteiger partial charge in [0.15, 0.2) is 0 Å². The summed E-state index contributed by atoms with van der Waals surface area (Å²) in [6.45, 7) is 2.22. The second kappa shape index (κ2) is 15.1. The van der Waals surface area contributed by atoms with Crippen LogP contribution >= 0.6 is 0 Å². The van der Waals surface area contributed by atoms with Crippen molar-refractivity contribution in [1.82, 2.24) is 0 Å². The van der Waals surface area contributed by atoms with E-state index in [-0.39, 0.29) is 0 Å². The molecule has 0 radical (unpaired) electrons. The number of para-hydroxylation sites is 2. The predicted octanol–water partition coefficient (Wildman–Crippen LogP) is 7.62. The highest BCUT2D eigenvalue weighted by Gasteiger charge is 2.13. The molecule has 0 amide bonds. The molecule has 6 nitrogen and oxygen atoms in total. The lowest BCUT2D eigenvalue weighted by molar-refractivity contribution is 0.482. The Morgan fingerprint density at radius 2 is 0.857 bits per heavy atom. The number of rotatable bonds is 7. The van der Waals surface area contributed by atoms with Gasteiger partial charge in [0.2, 0.25) is 12.2 Å². The van der Waals surface area contributed by atoms with Gasteiger partial charge in [0.05, 0.1) is 0 Å². The van der Waals surface area contributed by atoms with Gasteiger partial charge >= 0.3 is 0 Å². The molecule has 0 aromatic heterocycles. The minimum absolute atomic E-state index is 0.339. The molecule has 0 heterocycles. The van der Waals surface area contributed by atoms with Crippen LogP contribution in [0.5, 0.6) is 23.0 Å². The molecule has 2 N–H and O–H groups in total. The van der Waals surface area contributed by atoms with Crippen LogP contribution in [0.1, 0.15) is 30.4 Å². The summed E-state index contributed by atoms with van der Waals surface area (Å²) < 4.78 is 11.8. The molecule has 0 atom stereocenters. The third-order valence-electron chi connectivity index (χ3n) is 4.93. The fourth-order valence-corrected chi connectivity index (χ4v) is 3.45. The summed E-state index contributed by atoms with van der Waals surface area (Å²) in [4.78, 5) is 16.7. The van der Waals surface area contributed by atoms with Crippen LogP contribution in [-0.4, -0.2) is 12.2 Å². The van der Waals surface area contributed by atoms with E-state index >= 15 is 0 Å². The molecule has 0 unspecified atom stereocenters. The smallest absolute Gasteiger partial charge is 0.231 e. The lowest BCUT2D eigenvalue weighted by Gasteiger charge is -2.17. The fourth-order valence-electron chi connectivity index (χ4n) is 3.45. The zero-order valence-electron chi connectivity index (χ0n) is 19.3. The first-order chi connectivity index (χ1) is 17.1. The van der Waals surface area contributed by atoms with E-state index in [1.807, 2.05) is 84.9 Å². The van der Waals surface area contributed by atoms with Crippen LogP contribution in [0.15, 0.2) is 109 Å². The van der Waals surface area contributed by atoms with Gasteiger partial charge in [-0.3, -0.25) is 0 Å². The Labute approximate surface area is 204 Å². The van der Waals surface area contributed by atoms with Crippen LogP contribution in [0.25, 0.3) is 0 Å². The number of hydrogen-bond acceptors (Lipinski definition) is 6. The Hall–Kier alpha value is -4.76. The van der Waals surface area contributed by atoms with Crippen LogP contribution in [0.4, 0.5) is 0 Å². The van der Waals surface area contributed by atoms with Gasteiger partial charge in [0.25, 0.3) is 0 Å². The topological polar surface area (TPSA) is 100 Å². The third-order valence-corrected chi connectivity index (χ3v) is 4.93. The highest BCUT2D eigenvalue weighted by atomic mass is 16.5. The zero-order valence-corrected chi connectivity index (χ0v) is 19.3. The second-order valence-corrected chi connectivity index (χ2v) is 7.13. The monoisotopic (exact) mass is 466 g/mol. The van der Waals surface area contributed by atoms with Crippen molar-refractivity contribution in [3.8, 4) is 23.0 Å². The van der Waals surface area contributed by atoms with Gasteiger partial charge in [0.1, 0.15) is 23.0 Å². The molecule has 4 aromatic rings. The number of carbonyl (C=O) groups excluding carboxylic acids is 2. The molecule has 6 heteroatoms. The van der Waals surface area contributed by atoms with E-state index in [9.17, 15) is 0 Å². The largest absolute Gasteiger partial charge is 0.457 e. The van der Waals surface area contributed by atoms with Gasteiger partial charge in [-0.25, -0.2) is 20.4 Å². The van der Waals surface area contributed by atoms with Crippen molar-refractivity contribution < 1.29 is 19.1 Å². The molecule has 0 aliphatic rings. The van der Waals surface area contributed by atoms with Crippen molar-refractivity contribution in [2.24, 2.45) is 0 Å². The average Bonchev–Trinajstić information content (AvgIpc) is 2.89. The summed E-state index contributed by atoms with van der Waals surface area (Å²) in [7, 11) is 0. The Morgan fingerprint density at radius 1 is 0.571 bits per heavy atom. The van der Waals surface area contributed by atoms with E-state index in [4.69, 9.17) is 29.9 Å². The molecule has 35 heavy (non-hydrogen) atoms. The highest BCUT2D eigenvalue weighted by molar-refractivity contribution is 5.40. The lowest BCUT2D eigenvalue weighted by Crippen LogP contribution is -1.99. The Kier molecular flexibility index (Phi) is 11.5. The van der Waals surface area contributed by atoms with Gasteiger partial charge < -0.3 is 9.47 Å². The van der Waals surface area contributed by atoms with E-state index in [1.54, 1.807) is 0 Å². The quantitative estimate of drug-likeness (QED) is 0.216. The standard InChI is InChI=1S/C27H24O2.2CHNO/c1-2-27(21-13-17-25(18-14-21)28-23-9-5-3-6-10-23)22-15-19-26(20-16-22)29-24-11-7-4-8-12-24;2*2-1-3/h3-20,27H,2H2,1H3;2*2H. The van der Waals surface area contributed by atoms with Crippen molar-refractivity contribution in [2.45, 2.75) is 19.3 Å². The lowest BCUT2D eigenvalue weighted by atomic mass is 9.89. The SMILES string of the molecule is CCC(c1ccc(Oc2ccccc2)cc1)c1ccc(Oc2ccccc2)cc1.N=C=O.N=C=O. The van der Waals surface area contributed by atoms with Crippen LogP contribution in [0.3, 0.4) is 0 Å².